The largest absolute Gasteiger partial charge is 0.360 e. The van der Waals surface area contributed by atoms with Crippen molar-refractivity contribution in [2.24, 2.45) is 11.3 Å². The van der Waals surface area contributed by atoms with Gasteiger partial charge < -0.3 is 10.6 Å². The van der Waals surface area contributed by atoms with E-state index in [4.69, 9.17) is 12.2 Å². The molecule has 1 aliphatic carbocycles. The van der Waals surface area contributed by atoms with Crippen molar-refractivity contribution in [3.8, 4) is 0 Å². The molecule has 2 unspecified atom stereocenters. The molecule has 0 heterocycles. The van der Waals surface area contributed by atoms with Crippen LogP contribution in [0.3, 0.4) is 0 Å². The smallest absolute Gasteiger partial charge is 0.170 e. The maximum atomic E-state index is 13.1. The van der Waals surface area contributed by atoms with Crippen LogP contribution in [-0.2, 0) is 0 Å². The Balaban J connectivity index is 1.91. The average Bonchev–Trinajstić information content (AvgIpc) is 2.25. The van der Waals surface area contributed by atoms with Gasteiger partial charge in [0.25, 0.3) is 0 Å². The number of hydrogen-bond acceptors (Lipinski definition) is 1. The summed E-state index contributed by atoms with van der Waals surface area (Å²) >= 11 is 5.33. The molecule has 1 aromatic rings. The molecular formula is C16H23FN2S. The van der Waals surface area contributed by atoms with Crippen molar-refractivity contribution in [1.82, 2.24) is 5.32 Å². The third-order valence-corrected chi connectivity index (χ3v) is 4.02. The lowest BCUT2D eigenvalue weighted by atomic mass is 9.71. The molecule has 0 saturated heterocycles. The number of benzene rings is 1. The van der Waals surface area contributed by atoms with Crippen LogP contribution >= 0.6 is 12.2 Å². The number of nitrogens with one attached hydrogen (secondary N) is 2. The average molecular weight is 294 g/mol. The molecule has 1 saturated carbocycles. The van der Waals surface area contributed by atoms with E-state index >= 15 is 0 Å². The van der Waals surface area contributed by atoms with Crippen LogP contribution in [0.4, 0.5) is 10.1 Å². The SMILES string of the molecule is CC1CC(NC(=S)Nc2cccc(F)c2)CC(C)(C)C1. The Morgan fingerprint density at radius 2 is 2.10 bits per heavy atom. The molecule has 0 amide bonds. The first-order chi connectivity index (χ1) is 9.34. The number of anilines is 1. The van der Waals surface area contributed by atoms with Crippen LogP contribution in [0.25, 0.3) is 0 Å². The van der Waals surface area contributed by atoms with Gasteiger partial charge in [0.15, 0.2) is 5.11 Å². The number of hydrogen-bond donors (Lipinski definition) is 2. The number of rotatable bonds is 2. The first kappa shape index (κ1) is 15.2. The maximum Gasteiger partial charge on any atom is 0.170 e. The van der Waals surface area contributed by atoms with E-state index in [-0.39, 0.29) is 5.82 Å². The molecule has 2 rings (SSSR count). The quantitative estimate of drug-likeness (QED) is 0.794. The number of thiocarbonyl (C=S) groups is 1. The van der Waals surface area contributed by atoms with E-state index in [1.807, 2.05) is 6.07 Å². The fourth-order valence-corrected chi connectivity index (χ4v) is 3.66. The highest BCUT2D eigenvalue weighted by Gasteiger charge is 2.32. The van der Waals surface area contributed by atoms with Crippen LogP contribution in [0.5, 0.6) is 0 Å². The Morgan fingerprint density at radius 1 is 1.35 bits per heavy atom. The van der Waals surface area contributed by atoms with Gasteiger partial charge in [-0.2, -0.15) is 0 Å². The molecule has 0 aliphatic heterocycles. The van der Waals surface area contributed by atoms with Gasteiger partial charge in [-0.05, 0) is 61.0 Å². The molecule has 1 aliphatic rings. The van der Waals surface area contributed by atoms with Gasteiger partial charge >= 0.3 is 0 Å². The molecule has 0 radical (unpaired) electrons. The summed E-state index contributed by atoms with van der Waals surface area (Å²) in [5.74, 6) is 0.443. The van der Waals surface area contributed by atoms with Gasteiger partial charge in [-0.1, -0.05) is 26.8 Å². The summed E-state index contributed by atoms with van der Waals surface area (Å²) in [7, 11) is 0. The molecule has 0 aromatic heterocycles. The normalized spacial score (nSPS) is 25.0. The highest BCUT2D eigenvalue weighted by atomic mass is 32.1. The minimum Gasteiger partial charge on any atom is -0.360 e. The predicted molar refractivity (Wildman–Crippen MR) is 86.3 cm³/mol. The monoisotopic (exact) mass is 294 g/mol. The maximum absolute atomic E-state index is 13.1. The van der Waals surface area contributed by atoms with Gasteiger partial charge in [-0.3, -0.25) is 0 Å². The van der Waals surface area contributed by atoms with Crippen molar-refractivity contribution in [2.75, 3.05) is 5.32 Å². The van der Waals surface area contributed by atoms with Crippen molar-refractivity contribution in [1.29, 1.82) is 0 Å². The van der Waals surface area contributed by atoms with E-state index in [1.54, 1.807) is 6.07 Å². The van der Waals surface area contributed by atoms with Gasteiger partial charge in [0.2, 0.25) is 0 Å². The van der Waals surface area contributed by atoms with Crippen molar-refractivity contribution in [3.05, 3.63) is 30.1 Å². The van der Waals surface area contributed by atoms with Crippen molar-refractivity contribution >= 4 is 23.0 Å². The first-order valence-electron chi connectivity index (χ1n) is 7.17. The van der Waals surface area contributed by atoms with Gasteiger partial charge in [0.1, 0.15) is 5.82 Å². The molecule has 2 N–H and O–H groups in total. The second-order valence-electron chi connectivity index (χ2n) is 6.72. The standard InChI is InChI=1S/C16H23FN2S/c1-11-7-14(10-16(2,3)9-11)19-15(20)18-13-6-4-5-12(17)8-13/h4-6,8,11,14H,7,9-10H2,1-3H3,(H2,18,19,20). The zero-order chi connectivity index (χ0) is 14.8. The second-order valence-corrected chi connectivity index (χ2v) is 7.13. The van der Waals surface area contributed by atoms with Crippen LogP contribution in [0, 0.1) is 17.2 Å². The Hall–Kier alpha value is -1.16. The van der Waals surface area contributed by atoms with Crippen molar-refractivity contribution in [2.45, 2.75) is 46.1 Å². The summed E-state index contributed by atoms with van der Waals surface area (Å²) in [5.41, 5.74) is 1.04. The van der Waals surface area contributed by atoms with Crippen LogP contribution in [-0.4, -0.2) is 11.2 Å². The highest BCUT2D eigenvalue weighted by molar-refractivity contribution is 7.80. The molecule has 110 valence electrons. The minimum absolute atomic E-state index is 0.259. The highest BCUT2D eigenvalue weighted by Crippen LogP contribution is 2.38. The summed E-state index contributed by atoms with van der Waals surface area (Å²) < 4.78 is 13.1. The Kier molecular flexibility index (Phi) is 4.63. The molecule has 20 heavy (non-hydrogen) atoms. The Bertz CT molecular complexity index is 487. The van der Waals surface area contributed by atoms with Crippen LogP contribution < -0.4 is 10.6 Å². The van der Waals surface area contributed by atoms with Gasteiger partial charge in [0.05, 0.1) is 0 Å². The van der Waals surface area contributed by atoms with Gasteiger partial charge in [-0.25, -0.2) is 4.39 Å². The first-order valence-corrected chi connectivity index (χ1v) is 7.58. The van der Waals surface area contributed by atoms with E-state index in [0.29, 0.717) is 28.2 Å². The van der Waals surface area contributed by atoms with Crippen LogP contribution in [0.2, 0.25) is 0 Å². The van der Waals surface area contributed by atoms with E-state index in [1.165, 1.54) is 18.6 Å². The molecule has 1 fully saturated rings. The zero-order valence-electron chi connectivity index (χ0n) is 12.4. The molecule has 0 spiro atoms. The third kappa shape index (κ3) is 4.44. The van der Waals surface area contributed by atoms with E-state index in [0.717, 1.165) is 12.8 Å². The summed E-state index contributed by atoms with van der Waals surface area (Å²) in [4.78, 5) is 0. The van der Waals surface area contributed by atoms with Gasteiger partial charge in [0, 0.05) is 11.7 Å². The summed E-state index contributed by atoms with van der Waals surface area (Å²) in [6.07, 6.45) is 3.51. The van der Waals surface area contributed by atoms with E-state index in [9.17, 15) is 4.39 Å². The topological polar surface area (TPSA) is 24.1 Å². The lowest BCUT2D eigenvalue weighted by Gasteiger charge is -2.39. The molecule has 0 bridgehead atoms. The zero-order valence-corrected chi connectivity index (χ0v) is 13.2. The minimum atomic E-state index is -0.259. The fourth-order valence-electron chi connectivity index (χ4n) is 3.37. The second kappa shape index (κ2) is 6.08. The molecule has 2 nitrogen and oxygen atoms in total. The number of halogens is 1. The van der Waals surface area contributed by atoms with Crippen LogP contribution in [0.15, 0.2) is 24.3 Å². The van der Waals surface area contributed by atoms with Crippen molar-refractivity contribution < 1.29 is 4.39 Å². The summed E-state index contributed by atoms with van der Waals surface area (Å²) in [5, 5.41) is 7.00. The predicted octanol–water partition coefficient (Wildman–Crippen LogP) is 4.33. The molecule has 2 atom stereocenters. The molecular weight excluding hydrogens is 271 g/mol. The lowest BCUT2D eigenvalue weighted by molar-refractivity contribution is 0.162. The Morgan fingerprint density at radius 3 is 2.75 bits per heavy atom. The molecule has 1 aromatic carbocycles. The summed E-state index contributed by atoms with van der Waals surface area (Å²) in [6, 6.07) is 6.74. The fraction of sp³-hybridized carbons (Fsp3) is 0.562. The molecule has 4 heteroatoms. The lowest BCUT2D eigenvalue weighted by Crippen LogP contribution is -2.44. The summed E-state index contributed by atoms with van der Waals surface area (Å²) in [6.45, 7) is 6.90. The third-order valence-electron chi connectivity index (χ3n) is 3.80. The van der Waals surface area contributed by atoms with Crippen molar-refractivity contribution in [3.63, 3.8) is 0 Å². The van der Waals surface area contributed by atoms with Crippen LogP contribution in [0.1, 0.15) is 40.0 Å². The van der Waals surface area contributed by atoms with E-state index < -0.39 is 0 Å². The Labute approximate surface area is 126 Å². The van der Waals surface area contributed by atoms with E-state index in [2.05, 4.69) is 31.4 Å². The van der Waals surface area contributed by atoms with Gasteiger partial charge in [-0.15, -0.1) is 0 Å².